The Balaban J connectivity index is 2.33. The van der Waals surface area contributed by atoms with Crippen LogP contribution in [0.3, 0.4) is 0 Å². The predicted octanol–water partition coefficient (Wildman–Crippen LogP) is 6.98. The van der Waals surface area contributed by atoms with Gasteiger partial charge in [0.05, 0.1) is 0 Å². The number of hydrogen-bond donors (Lipinski definition) is 0. The van der Waals surface area contributed by atoms with Crippen LogP contribution in [-0.2, 0) is 0 Å². The van der Waals surface area contributed by atoms with Gasteiger partial charge in [-0.25, -0.2) is 0 Å². The summed E-state index contributed by atoms with van der Waals surface area (Å²) in [5.41, 5.74) is 0. The molecule has 0 N–H and O–H groups in total. The third-order valence-corrected chi connectivity index (χ3v) is 5.15. The summed E-state index contributed by atoms with van der Waals surface area (Å²) in [5, 5.41) is 0. The molecule has 0 nitrogen and oxygen atoms in total. The smallest absolute Gasteiger partial charge is 0.0388 e. The highest BCUT2D eigenvalue weighted by atomic mass is 14.2. The van der Waals surface area contributed by atoms with E-state index in [9.17, 15) is 0 Å². The Morgan fingerprint density at radius 2 is 1.32 bits per heavy atom. The lowest BCUT2D eigenvalue weighted by atomic mass is 9.81. The Kier molecular flexibility index (Phi) is 9.65. The van der Waals surface area contributed by atoms with Crippen molar-refractivity contribution in [2.24, 2.45) is 17.8 Å². The highest BCUT2D eigenvalue weighted by Crippen LogP contribution is 2.30. The first-order valence-electron chi connectivity index (χ1n) is 9.20. The van der Waals surface area contributed by atoms with E-state index in [0.717, 1.165) is 17.8 Å². The Morgan fingerprint density at radius 3 is 1.89 bits per heavy atom. The van der Waals surface area contributed by atoms with Crippen molar-refractivity contribution in [1.82, 2.24) is 0 Å². The van der Waals surface area contributed by atoms with Crippen LogP contribution in [0.1, 0.15) is 104 Å². The lowest BCUT2D eigenvalue weighted by molar-refractivity contribution is 0.268. The second-order valence-electron chi connectivity index (χ2n) is 7.47. The van der Waals surface area contributed by atoms with Gasteiger partial charge in [-0.1, -0.05) is 104 Å². The first-order chi connectivity index (χ1) is 9.20. The zero-order valence-corrected chi connectivity index (χ0v) is 13.9. The van der Waals surface area contributed by atoms with Crippen LogP contribution in [0.2, 0.25) is 0 Å². The zero-order chi connectivity index (χ0) is 13.9. The van der Waals surface area contributed by atoms with Gasteiger partial charge in [0.2, 0.25) is 0 Å². The number of hydrogen-bond acceptors (Lipinski definition) is 0. The van der Waals surface area contributed by atoms with E-state index in [-0.39, 0.29) is 0 Å². The summed E-state index contributed by atoms with van der Waals surface area (Å²) in [5.74, 6) is 2.89. The Morgan fingerprint density at radius 1 is 0.789 bits per heavy atom. The molecule has 19 heavy (non-hydrogen) atoms. The van der Waals surface area contributed by atoms with Gasteiger partial charge in [-0.15, -0.1) is 0 Å². The van der Waals surface area contributed by atoms with Crippen molar-refractivity contribution in [2.45, 2.75) is 104 Å². The van der Waals surface area contributed by atoms with Crippen LogP contribution in [0.25, 0.3) is 0 Å². The molecule has 0 aliphatic heterocycles. The first kappa shape index (κ1) is 17.1. The van der Waals surface area contributed by atoms with E-state index in [1.54, 1.807) is 0 Å². The number of rotatable bonds is 4. The minimum Gasteiger partial charge on any atom is -0.0628 e. The SMILES string of the molecule is CC(C)CCCC1CCCCCCCCCCC1C. The topological polar surface area (TPSA) is 0 Å². The van der Waals surface area contributed by atoms with Crippen LogP contribution < -0.4 is 0 Å². The zero-order valence-electron chi connectivity index (χ0n) is 13.9. The van der Waals surface area contributed by atoms with Crippen molar-refractivity contribution >= 4 is 0 Å². The molecule has 2 atom stereocenters. The van der Waals surface area contributed by atoms with E-state index in [0.29, 0.717) is 0 Å². The molecule has 0 radical (unpaired) electrons. The van der Waals surface area contributed by atoms with E-state index >= 15 is 0 Å². The van der Waals surface area contributed by atoms with Crippen molar-refractivity contribution < 1.29 is 0 Å². The summed E-state index contributed by atoms with van der Waals surface area (Å²) in [6.07, 6.45) is 19.3. The molecular formula is C19H38. The summed E-state index contributed by atoms with van der Waals surface area (Å²) in [6.45, 7) is 7.26. The van der Waals surface area contributed by atoms with Crippen LogP contribution in [0.4, 0.5) is 0 Å². The molecule has 0 amide bonds. The first-order valence-corrected chi connectivity index (χ1v) is 9.20. The molecule has 0 heterocycles. The van der Waals surface area contributed by atoms with Gasteiger partial charge in [0, 0.05) is 0 Å². The molecule has 2 unspecified atom stereocenters. The van der Waals surface area contributed by atoms with Crippen LogP contribution >= 0.6 is 0 Å². The molecule has 1 fully saturated rings. The normalized spacial score (nSPS) is 27.8. The fourth-order valence-electron chi connectivity index (χ4n) is 3.67. The van der Waals surface area contributed by atoms with Crippen LogP contribution in [-0.4, -0.2) is 0 Å². The van der Waals surface area contributed by atoms with Gasteiger partial charge in [0.15, 0.2) is 0 Å². The van der Waals surface area contributed by atoms with Crippen molar-refractivity contribution in [3.8, 4) is 0 Å². The van der Waals surface area contributed by atoms with E-state index < -0.39 is 0 Å². The van der Waals surface area contributed by atoms with Crippen LogP contribution in [0.5, 0.6) is 0 Å². The summed E-state index contributed by atoms with van der Waals surface area (Å²) < 4.78 is 0. The molecule has 1 saturated carbocycles. The van der Waals surface area contributed by atoms with E-state index in [1.165, 1.54) is 83.5 Å². The van der Waals surface area contributed by atoms with Crippen LogP contribution in [0, 0.1) is 17.8 Å². The molecule has 1 rings (SSSR count). The molecule has 0 aromatic rings. The summed E-state index contributed by atoms with van der Waals surface area (Å²) in [4.78, 5) is 0. The maximum atomic E-state index is 2.53. The summed E-state index contributed by atoms with van der Waals surface area (Å²) >= 11 is 0. The lowest BCUT2D eigenvalue weighted by Crippen LogP contribution is -2.13. The van der Waals surface area contributed by atoms with Crippen molar-refractivity contribution in [1.29, 1.82) is 0 Å². The van der Waals surface area contributed by atoms with Gasteiger partial charge < -0.3 is 0 Å². The molecule has 0 bridgehead atoms. The van der Waals surface area contributed by atoms with Gasteiger partial charge in [0.1, 0.15) is 0 Å². The van der Waals surface area contributed by atoms with E-state index in [4.69, 9.17) is 0 Å². The van der Waals surface area contributed by atoms with E-state index in [2.05, 4.69) is 20.8 Å². The summed E-state index contributed by atoms with van der Waals surface area (Å²) in [7, 11) is 0. The average molecular weight is 267 g/mol. The summed E-state index contributed by atoms with van der Waals surface area (Å²) in [6, 6.07) is 0. The minimum atomic E-state index is 0.890. The molecule has 1 aliphatic carbocycles. The fourth-order valence-corrected chi connectivity index (χ4v) is 3.67. The lowest BCUT2D eigenvalue weighted by Gasteiger charge is -2.25. The maximum Gasteiger partial charge on any atom is -0.0388 e. The fraction of sp³-hybridized carbons (Fsp3) is 1.00. The van der Waals surface area contributed by atoms with Crippen molar-refractivity contribution in [2.75, 3.05) is 0 Å². The van der Waals surface area contributed by atoms with Gasteiger partial charge in [-0.2, -0.15) is 0 Å². The van der Waals surface area contributed by atoms with Crippen molar-refractivity contribution in [3.05, 3.63) is 0 Å². The van der Waals surface area contributed by atoms with Gasteiger partial charge in [0.25, 0.3) is 0 Å². The third kappa shape index (κ3) is 8.71. The predicted molar refractivity (Wildman–Crippen MR) is 87.5 cm³/mol. The Labute approximate surface area is 122 Å². The molecule has 1 aliphatic rings. The molecule has 0 saturated heterocycles. The monoisotopic (exact) mass is 266 g/mol. The van der Waals surface area contributed by atoms with Gasteiger partial charge in [-0.05, 0) is 17.8 Å². The van der Waals surface area contributed by atoms with Crippen LogP contribution in [0.15, 0.2) is 0 Å². The molecule has 0 heteroatoms. The van der Waals surface area contributed by atoms with Crippen molar-refractivity contribution in [3.63, 3.8) is 0 Å². The second kappa shape index (κ2) is 10.7. The van der Waals surface area contributed by atoms with Gasteiger partial charge >= 0.3 is 0 Å². The third-order valence-electron chi connectivity index (χ3n) is 5.15. The molecule has 0 aromatic heterocycles. The maximum absolute atomic E-state index is 2.53. The molecular weight excluding hydrogens is 228 g/mol. The highest BCUT2D eigenvalue weighted by molar-refractivity contribution is 4.69. The second-order valence-corrected chi connectivity index (χ2v) is 7.47. The molecule has 0 spiro atoms. The highest BCUT2D eigenvalue weighted by Gasteiger charge is 2.17. The van der Waals surface area contributed by atoms with E-state index in [1.807, 2.05) is 0 Å². The minimum absolute atomic E-state index is 0.890. The average Bonchev–Trinajstić information content (AvgIpc) is 2.36. The molecule has 114 valence electrons. The Hall–Kier alpha value is 0. The standard InChI is InChI=1S/C19H38/c1-17(2)13-12-16-19-15-11-9-7-5-4-6-8-10-14-18(19)3/h17-19H,4-16H2,1-3H3. The molecule has 0 aromatic carbocycles. The largest absolute Gasteiger partial charge is 0.0628 e. The quantitative estimate of drug-likeness (QED) is 0.515. The Bertz CT molecular complexity index is 194. The van der Waals surface area contributed by atoms with Gasteiger partial charge in [-0.3, -0.25) is 0 Å².